The summed E-state index contributed by atoms with van der Waals surface area (Å²) in [6, 6.07) is 8.63. The van der Waals surface area contributed by atoms with E-state index < -0.39 is 7.12 Å². The topological polar surface area (TPSA) is 55.9 Å². The fourth-order valence-electron chi connectivity index (χ4n) is 1.89. The van der Waals surface area contributed by atoms with Gasteiger partial charge in [0.05, 0.1) is 13.2 Å². The van der Waals surface area contributed by atoms with E-state index in [4.69, 9.17) is 16.0 Å². The monoisotopic (exact) mass is 252 g/mol. The van der Waals surface area contributed by atoms with Crippen molar-refractivity contribution in [2.75, 3.05) is 0 Å². The average Bonchev–Trinajstić information content (AvgIpc) is 2.81. The lowest BCUT2D eigenvalue weighted by Gasteiger charge is -2.06. The van der Waals surface area contributed by atoms with E-state index in [1.54, 1.807) is 24.3 Å². The van der Waals surface area contributed by atoms with E-state index in [-0.39, 0.29) is 0 Å². The molecule has 2 heterocycles. The molecule has 1 aliphatic rings. The predicted octanol–water partition coefficient (Wildman–Crippen LogP) is 1.64. The Balaban J connectivity index is 1.82. The Morgan fingerprint density at radius 2 is 2.26 bits per heavy atom. The molecule has 1 aromatic carbocycles. The van der Waals surface area contributed by atoms with Crippen LogP contribution in [0.5, 0.6) is 11.6 Å². The second kappa shape index (κ2) is 4.73. The van der Waals surface area contributed by atoms with Gasteiger partial charge in [0, 0.05) is 6.20 Å². The molecule has 1 N–H and O–H groups in total. The van der Waals surface area contributed by atoms with Crippen molar-refractivity contribution in [2.45, 2.75) is 6.61 Å². The van der Waals surface area contributed by atoms with Crippen molar-refractivity contribution in [3.8, 4) is 11.6 Å². The third-order valence-electron chi connectivity index (χ3n) is 2.85. The first kappa shape index (κ1) is 11.7. The van der Waals surface area contributed by atoms with Crippen molar-refractivity contribution >= 4 is 18.3 Å². The molecule has 0 radical (unpaired) electrons. The summed E-state index contributed by atoms with van der Waals surface area (Å²) in [4.78, 5) is 7.30. The number of pyridine rings is 1. The van der Waals surface area contributed by atoms with Crippen molar-refractivity contribution in [2.24, 2.45) is 0 Å². The number of ether oxygens (including phenoxy) is 1. The summed E-state index contributed by atoms with van der Waals surface area (Å²) in [5.74, 6) is 1.05. The van der Waals surface area contributed by atoms with Gasteiger partial charge in [-0.2, -0.15) is 0 Å². The van der Waals surface area contributed by atoms with Crippen LogP contribution in [0.4, 0.5) is 5.69 Å². The number of benzene rings is 1. The van der Waals surface area contributed by atoms with Gasteiger partial charge in [0.25, 0.3) is 0 Å². The van der Waals surface area contributed by atoms with Crippen molar-refractivity contribution in [1.29, 1.82) is 0 Å². The summed E-state index contributed by atoms with van der Waals surface area (Å²) in [6.45, 7) is 7.22. The molecular formula is C13H9BN2O3. The fourth-order valence-corrected chi connectivity index (χ4v) is 1.89. The molecule has 5 nitrogen and oxygen atoms in total. The highest BCUT2D eigenvalue weighted by atomic mass is 16.5. The zero-order chi connectivity index (χ0) is 13.2. The largest absolute Gasteiger partial charge is 0.491 e. The molecule has 0 saturated heterocycles. The van der Waals surface area contributed by atoms with Gasteiger partial charge in [-0.05, 0) is 35.3 Å². The van der Waals surface area contributed by atoms with E-state index in [0.29, 0.717) is 23.9 Å². The summed E-state index contributed by atoms with van der Waals surface area (Å²) in [5, 5.41) is 9.52. The highest BCUT2D eigenvalue weighted by Crippen LogP contribution is 2.23. The van der Waals surface area contributed by atoms with E-state index in [1.807, 2.05) is 6.07 Å². The van der Waals surface area contributed by atoms with Crippen LogP contribution in [0.2, 0.25) is 0 Å². The third kappa shape index (κ3) is 2.29. The molecule has 3 rings (SSSR count). The Hall–Kier alpha value is -2.36. The minimum Gasteiger partial charge on any atom is -0.439 e. The average molecular weight is 252 g/mol. The number of aromatic nitrogens is 1. The van der Waals surface area contributed by atoms with Crippen LogP contribution in [-0.2, 0) is 11.3 Å². The van der Waals surface area contributed by atoms with Gasteiger partial charge in [0.2, 0.25) is 11.6 Å². The lowest BCUT2D eigenvalue weighted by molar-refractivity contribution is 0.275. The maximum absolute atomic E-state index is 9.52. The van der Waals surface area contributed by atoms with Crippen LogP contribution in [0, 0.1) is 6.57 Å². The number of nitrogens with zero attached hydrogens (tertiary/aromatic N) is 2. The molecule has 6 heteroatoms. The van der Waals surface area contributed by atoms with Gasteiger partial charge in [-0.15, -0.1) is 0 Å². The summed E-state index contributed by atoms with van der Waals surface area (Å²) in [6.07, 6.45) is 1.46. The Morgan fingerprint density at radius 3 is 3.00 bits per heavy atom. The minimum absolute atomic E-state index is 0.373. The normalized spacial score (nSPS) is 12.9. The molecule has 19 heavy (non-hydrogen) atoms. The predicted molar refractivity (Wildman–Crippen MR) is 69.4 cm³/mol. The van der Waals surface area contributed by atoms with Crippen molar-refractivity contribution in [3.05, 3.63) is 53.5 Å². The van der Waals surface area contributed by atoms with Crippen molar-refractivity contribution < 1.29 is 14.4 Å². The molecule has 0 aliphatic carbocycles. The van der Waals surface area contributed by atoms with E-state index in [0.717, 1.165) is 11.0 Å². The molecule has 0 bridgehead atoms. The number of hydrogen-bond donors (Lipinski definition) is 1. The molecule has 0 amide bonds. The van der Waals surface area contributed by atoms with Gasteiger partial charge < -0.3 is 14.4 Å². The summed E-state index contributed by atoms with van der Waals surface area (Å²) >= 11 is 0. The van der Waals surface area contributed by atoms with Gasteiger partial charge in [0.1, 0.15) is 5.75 Å². The van der Waals surface area contributed by atoms with Gasteiger partial charge in [0.15, 0.2) is 0 Å². The minimum atomic E-state index is -0.847. The van der Waals surface area contributed by atoms with Gasteiger partial charge >= 0.3 is 7.12 Å². The zero-order valence-corrected chi connectivity index (χ0v) is 9.91. The smallest absolute Gasteiger partial charge is 0.439 e. The zero-order valence-electron chi connectivity index (χ0n) is 9.91. The fraction of sp³-hybridized carbons (Fsp3) is 0.0769. The van der Waals surface area contributed by atoms with Crippen LogP contribution in [0.25, 0.3) is 4.85 Å². The molecule has 2 aromatic rings. The van der Waals surface area contributed by atoms with Crippen molar-refractivity contribution in [1.82, 2.24) is 4.98 Å². The van der Waals surface area contributed by atoms with E-state index in [2.05, 4.69) is 9.83 Å². The first-order valence-corrected chi connectivity index (χ1v) is 5.70. The van der Waals surface area contributed by atoms with E-state index >= 15 is 0 Å². The molecule has 0 saturated carbocycles. The summed E-state index contributed by atoms with van der Waals surface area (Å²) in [7, 11) is -0.847. The molecular weight excluding hydrogens is 243 g/mol. The van der Waals surface area contributed by atoms with Crippen molar-refractivity contribution in [3.63, 3.8) is 0 Å². The van der Waals surface area contributed by atoms with Crippen LogP contribution in [-0.4, -0.2) is 17.1 Å². The Kier molecular flexibility index (Phi) is 2.92. The lowest BCUT2D eigenvalue weighted by Crippen LogP contribution is -2.27. The molecule has 1 aliphatic heterocycles. The number of rotatable bonds is 2. The second-order valence-corrected chi connectivity index (χ2v) is 4.09. The number of fused-ring (bicyclic) bond motifs is 1. The molecule has 0 atom stereocenters. The molecule has 1 aromatic heterocycles. The number of hydrogen-bond acceptors (Lipinski definition) is 4. The van der Waals surface area contributed by atoms with Crippen LogP contribution < -0.4 is 10.2 Å². The Bertz CT molecular complexity index is 652. The standard InChI is InChI=1S/C13H9BN2O3/c1-15-10-2-5-13(16-7-10)19-11-3-4-12-9(6-11)8-18-14(12)17/h2-7,17H,8H2. The summed E-state index contributed by atoms with van der Waals surface area (Å²) < 4.78 is 10.7. The van der Waals surface area contributed by atoms with Gasteiger partial charge in [-0.25, -0.2) is 9.83 Å². The van der Waals surface area contributed by atoms with Gasteiger partial charge in [-0.1, -0.05) is 6.07 Å². The first-order chi connectivity index (χ1) is 9.26. The van der Waals surface area contributed by atoms with Crippen LogP contribution in [0.1, 0.15) is 5.56 Å². The van der Waals surface area contributed by atoms with E-state index in [9.17, 15) is 5.02 Å². The maximum Gasteiger partial charge on any atom is 0.491 e. The molecule has 0 fully saturated rings. The van der Waals surface area contributed by atoms with E-state index in [1.165, 1.54) is 6.20 Å². The molecule has 0 unspecified atom stereocenters. The third-order valence-corrected chi connectivity index (χ3v) is 2.85. The van der Waals surface area contributed by atoms with Crippen LogP contribution in [0.15, 0.2) is 36.5 Å². The lowest BCUT2D eigenvalue weighted by atomic mass is 9.80. The second-order valence-electron chi connectivity index (χ2n) is 4.09. The van der Waals surface area contributed by atoms with Crippen LogP contribution >= 0.6 is 0 Å². The highest BCUT2D eigenvalue weighted by molar-refractivity contribution is 6.61. The molecule has 92 valence electrons. The SMILES string of the molecule is [C-]#[N+]c1ccc(Oc2ccc3c(c2)COB3O)nc1. The molecule has 0 spiro atoms. The Morgan fingerprint density at radius 1 is 1.37 bits per heavy atom. The highest BCUT2D eigenvalue weighted by Gasteiger charge is 2.27. The Labute approximate surface area is 110 Å². The maximum atomic E-state index is 9.52. The van der Waals surface area contributed by atoms with Crippen LogP contribution in [0.3, 0.4) is 0 Å². The quantitative estimate of drug-likeness (QED) is 0.652. The first-order valence-electron chi connectivity index (χ1n) is 5.70. The summed E-state index contributed by atoms with van der Waals surface area (Å²) in [5.41, 5.74) is 2.14. The van der Waals surface area contributed by atoms with Gasteiger partial charge in [-0.3, -0.25) is 0 Å².